The maximum atomic E-state index is 12.4. The Hall–Kier alpha value is -3.27. The van der Waals surface area contributed by atoms with Crippen LogP contribution >= 0.6 is 0 Å². The SMILES string of the molecule is CC(C)(C)c1ccc(C(=O)Nc2ccc(OCCOc3ccccc3)cc2)cc1. The van der Waals surface area contributed by atoms with E-state index in [1.807, 2.05) is 78.9 Å². The second-order valence-electron chi connectivity index (χ2n) is 7.82. The van der Waals surface area contributed by atoms with Gasteiger partial charge in [0.05, 0.1) is 0 Å². The minimum Gasteiger partial charge on any atom is -0.490 e. The van der Waals surface area contributed by atoms with Gasteiger partial charge in [0.25, 0.3) is 5.91 Å². The van der Waals surface area contributed by atoms with Crippen LogP contribution in [-0.4, -0.2) is 19.1 Å². The van der Waals surface area contributed by atoms with Crippen molar-refractivity contribution in [2.45, 2.75) is 26.2 Å². The molecule has 0 heterocycles. The first kappa shape index (κ1) is 20.5. The summed E-state index contributed by atoms with van der Waals surface area (Å²) in [5.41, 5.74) is 2.63. The Labute approximate surface area is 172 Å². The van der Waals surface area contributed by atoms with Crippen molar-refractivity contribution in [2.75, 3.05) is 18.5 Å². The molecule has 0 unspecified atom stereocenters. The van der Waals surface area contributed by atoms with Gasteiger partial charge < -0.3 is 14.8 Å². The third kappa shape index (κ3) is 6.11. The number of para-hydroxylation sites is 1. The predicted molar refractivity (Wildman–Crippen MR) is 117 cm³/mol. The van der Waals surface area contributed by atoms with E-state index in [9.17, 15) is 4.79 Å². The average molecular weight is 389 g/mol. The molecule has 3 aromatic rings. The molecule has 0 atom stereocenters. The number of hydrogen-bond acceptors (Lipinski definition) is 3. The van der Waals surface area contributed by atoms with E-state index in [-0.39, 0.29) is 11.3 Å². The van der Waals surface area contributed by atoms with Crippen molar-refractivity contribution in [3.63, 3.8) is 0 Å². The molecule has 1 N–H and O–H groups in total. The van der Waals surface area contributed by atoms with Gasteiger partial charge in [-0.25, -0.2) is 0 Å². The van der Waals surface area contributed by atoms with Crippen LogP contribution in [-0.2, 0) is 5.41 Å². The number of carbonyl (C=O) groups is 1. The number of carbonyl (C=O) groups excluding carboxylic acids is 1. The summed E-state index contributed by atoms with van der Waals surface area (Å²) in [4.78, 5) is 12.4. The number of nitrogens with one attached hydrogen (secondary N) is 1. The molecular formula is C25H27NO3. The minimum absolute atomic E-state index is 0.0664. The quantitative estimate of drug-likeness (QED) is 0.528. The van der Waals surface area contributed by atoms with E-state index in [0.717, 1.165) is 17.2 Å². The van der Waals surface area contributed by atoms with Gasteiger partial charge in [-0.05, 0) is 59.5 Å². The third-order valence-corrected chi connectivity index (χ3v) is 4.49. The van der Waals surface area contributed by atoms with Gasteiger partial charge in [0.15, 0.2) is 0 Å². The highest BCUT2D eigenvalue weighted by Gasteiger charge is 2.14. The van der Waals surface area contributed by atoms with E-state index >= 15 is 0 Å². The van der Waals surface area contributed by atoms with Gasteiger partial charge in [-0.3, -0.25) is 4.79 Å². The Balaban J connectivity index is 1.47. The molecule has 3 rings (SSSR count). The van der Waals surface area contributed by atoms with Gasteiger partial charge in [0, 0.05) is 11.3 Å². The molecule has 0 saturated heterocycles. The molecule has 4 nitrogen and oxygen atoms in total. The zero-order valence-electron chi connectivity index (χ0n) is 17.1. The summed E-state index contributed by atoms with van der Waals surface area (Å²) in [7, 11) is 0. The lowest BCUT2D eigenvalue weighted by atomic mass is 9.87. The maximum Gasteiger partial charge on any atom is 0.255 e. The van der Waals surface area contributed by atoms with Crippen LogP contribution in [0.3, 0.4) is 0 Å². The van der Waals surface area contributed by atoms with Crippen molar-refractivity contribution in [3.05, 3.63) is 90.0 Å². The fraction of sp³-hybridized carbons (Fsp3) is 0.240. The van der Waals surface area contributed by atoms with Crippen LogP contribution in [0.1, 0.15) is 36.7 Å². The second kappa shape index (κ2) is 9.28. The molecule has 1 amide bonds. The fourth-order valence-corrected chi connectivity index (χ4v) is 2.80. The molecule has 0 spiro atoms. The summed E-state index contributed by atoms with van der Waals surface area (Å²) >= 11 is 0. The molecule has 0 aliphatic heterocycles. The zero-order valence-corrected chi connectivity index (χ0v) is 17.1. The van der Waals surface area contributed by atoms with Crippen molar-refractivity contribution in [1.29, 1.82) is 0 Å². The monoisotopic (exact) mass is 389 g/mol. The summed E-state index contributed by atoms with van der Waals surface area (Å²) in [5, 5.41) is 2.91. The van der Waals surface area contributed by atoms with Gasteiger partial charge >= 0.3 is 0 Å². The first-order valence-corrected chi connectivity index (χ1v) is 9.74. The average Bonchev–Trinajstić information content (AvgIpc) is 2.72. The number of amides is 1. The summed E-state index contributed by atoms with van der Waals surface area (Å²) in [6.45, 7) is 7.37. The smallest absolute Gasteiger partial charge is 0.255 e. The number of anilines is 1. The third-order valence-electron chi connectivity index (χ3n) is 4.49. The molecule has 3 aromatic carbocycles. The van der Waals surface area contributed by atoms with E-state index in [1.54, 1.807) is 0 Å². The van der Waals surface area contributed by atoms with Crippen molar-refractivity contribution >= 4 is 11.6 Å². The molecule has 4 heteroatoms. The van der Waals surface area contributed by atoms with E-state index in [2.05, 4.69) is 26.1 Å². The maximum absolute atomic E-state index is 12.4. The van der Waals surface area contributed by atoms with Crippen LogP contribution in [0.4, 0.5) is 5.69 Å². The standard InChI is InChI=1S/C25H27NO3/c1-25(2,3)20-11-9-19(10-12-20)24(27)26-21-13-15-23(16-14-21)29-18-17-28-22-7-5-4-6-8-22/h4-16H,17-18H2,1-3H3,(H,26,27). The Morgan fingerprint density at radius 1 is 0.759 bits per heavy atom. The van der Waals surface area contributed by atoms with E-state index in [0.29, 0.717) is 18.8 Å². The van der Waals surface area contributed by atoms with Gasteiger partial charge in [0.2, 0.25) is 0 Å². The molecule has 0 bridgehead atoms. The predicted octanol–water partition coefficient (Wildman–Crippen LogP) is 5.69. The van der Waals surface area contributed by atoms with E-state index < -0.39 is 0 Å². The summed E-state index contributed by atoms with van der Waals surface area (Å²) in [6.07, 6.45) is 0. The van der Waals surface area contributed by atoms with Crippen molar-refractivity contribution in [1.82, 2.24) is 0 Å². The second-order valence-corrected chi connectivity index (χ2v) is 7.82. The van der Waals surface area contributed by atoms with E-state index in [1.165, 1.54) is 5.56 Å². The normalized spacial score (nSPS) is 11.0. The molecule has 0 saturated carbocycles. The van der Waals surface area contributed by atoms with Gasteiger partial charge in [-0.1, -0.05) is 51.1 Å². The Morgan fingerprint density at radius 3 is 1.86 bits per heavy atom. The molecule has 0 radical (unpaired) electrons. The van der Waals surface area contributed by atoms with Crippen LogP contribution in [0.2, 0.25) is 0 Å². The Kier molecular flexibility index (Phi) is 6.55. The van der Waals surface area contributed by atoms with Gasteiger partial charge in [-0.2, -0.15) is 0 Å². The van der Waals surface area contributed by atoms with Crippen LogP contribution < -0.4 is 14.8 Å². The van der Waals surface area contributed by atoms with Crippen molar-refractivity contribution in [3.8, 4) is 11.5 Å². The van der Waals surface area contributed by atoms with Gasteiger partial charge in [-0.15, -0.1) is 0 Å². The first-order chi connectivity index (χ1) is 13.9. The molecule has 0 aliphatic carbocycles. The highest BCUT2D eigenvalue weighted by molar-refractivity contribution is 6.04. The number of ether oxygens (including phenoxy) is 2. The molecule has 150 valence electrons. The summed E-state index contributed by atoms with van der Waals surface area (Å²) in [5.74, 6) is 1.43. The van der Waals surface area contributed by atoms with Crippen LogP contribution in [0, 0.1) is 0 Å². The minimum atomic E-state index is -0.129. The molecule has 0 aromatic heterocycles. The summed E-state index contributed by atoms with van der Waals surface area (Å²) in [6, 6.07) is 24.7. The molecule has 29 heavy (non-hydrogen) atoms. The fourth-order valence-electron chi connectivity index (χ4n) is 2.80. The van der Waals surface area contributed by atoms with Crippen molar-refractivity contribution < 1.29 is 14.3 Å². The number of benzene rings is 3. The molecule has 0 aliphatic rings. The van der Waals surface area contributed by atoms with Crippen LogP contribution in [0.25, 0.3) is 0 Å². The topological polar surface area (TPSA) is 47.6 Å². The van der Waals surface area contributed by atoms with Crippen LogP contribution in [0.5, 0.6) is 11.5 Å². The Bertz CT molecular complexity index is 911. The first-order valence-electron chi connectivity index (χ1n) is 9.74. The number of rotatable bonds is 7. The molecular weight excluding hydrogens is 362 g/mol. The van der Waals surface area contributed by atoms with Crippen molar-refractivity contribution in [2.24, 2.45) is 0 Å². The highest BCUT2D eigenvalue weighted by Crippen LogP contribution is 2.23. The lowest BCUT2D eigenvalue weighted by Crippen LogP contribution is -2.14. The highest BCUT2D eigenvalue weighted by atomic mass is 16.5. The van der Waals surface area contributed by atoms with Gasteiger partial charge in [0.1, 0.15) is 24.7 Å². The Morgan fingerprint density at radius 2 is 1.31 bits per heavy atom. The summed E-state index contributed by atoms with van der Waals surface area (Å²) < 4.78 is 11.3. The lowest BCUT2D eigenvalue weighted by molar-refractivity contribution is 0.102. The lowest BCUT2D eigenvalue weighted by Gasteiger charge is -2.19. The largest absolute Gasteiger partial charge is 0.490 e. The van der Waals surface area contributed by atoms with E-state index in [4.69, 9.17) is 9.47 Å². The number of hydrogen-bond donors (Lipinski definition) is 1. The molecule has 0 fully saturated rings. The van der Waals surface area contributed by atoms with Crippen LogP contribution in [0.15, 0.2) is 78.9 Å². The zero-order chi connectivity index (χ0) is 20.7.